The Labute approximate surface area is 208 Å². The van der Waals surface area contributed by atoms with Gasteiger partial charge in [-0.2, -0.15) is 5.10 Å². The number of hydrogen-bond donors (Lipinski definition) is 0. The Hall–Kier alpha value is -3.23. The van der Waals surface area contributed by atoms with Crippen LogP contribution < -0.4 is 10.5 Å². The van der Waals surface area contributed by atoms with Crippen molar-refractivity contribution in [2.24, 2.45) is 14.1 Å². The quantitative estimate of drug-likeness (QED) is 0.400. The molecule has 9 heteroatoms. The zero-order valence-electron chi connectivity index (χ0n) is 20.5. The van der Waals surface area contributed by atoms with E-state index in [0.29, 0.717) is 52.6 Å². The van der Waals surface area contributed by atoms with E-state index >= 15 is 0 Å². The van der Waals surface area contributed by atoms with E-state index in [1.807, 2.05) is 45.3 Å². The van der Waals surface area contributed by atoms with Gasteiger partial charge in [0.05, 0.1) is 23.1 Å². The summed E-state index contributed by atoms with van der Waals surface area (Å²) < 4.78 is 23.9. The third-order valence-corrected chi connectivity index (χ3v) is 6.27. The van der Waals surface area contributed by atoms with Crippen LogP contribution in [0.2, 0.25) is 5.02 Å². The highest BCUT2D eigenvalue weighted by Gasteiger charge is 2.28. The van der Waals surface area contributed by atoms with E-state index in [2.05, 4.69) is 15.0 Å². The third kappa shape index (κ3) is 5.39. The van der Waals surface area contributed by atoms with Crippen LogP contribution in [-0.4, -0.2) is 44.6 Å². The van der Waals surface area contributed by atoms with Gasteiger partial charge in [0.15, 0.2) is 0 Å². The van der Waals surface area contributed by atoms with E-state index in [9.17, 15) is 9.18 Å². The molecule has 3 heterocycles. The van der Waals surface area contributed by atoms with Crippen molar-refractivity contribution in [3.63, 3.8) is 0 Å². The Morgan fingerprint density at radius 1 is 1.14 bits per heavy atom. The van der Waals surface area contributed by atoms with Crippen molar-refractivity contribution in [1.82, 2.24) is 19.3 Å². The van der Waals surface area contributed by atoms with E-state index in [0.717, 1.165) is 5.69 Å². The Balaban J connectivity index is 0.000000421. The molecule has 35 heavy (non-hydrogen) atoms. The van der Waals surface area contributed by atoms with Crippen LogP contribution in [0.3, 0.4) is 0 Å². The van der Waals surface area contributed by atoms with Crippen LogP contribution in [0.1, 0.15) is 19.7 Å². The number of fused-ring (bicyclic) bond motifs is 1. The Kier molecular flexibility index (Phi) is 6.96. The molecule has 1 aliphatic rings. The zero-order chi connectivity index (χ0) is 25.3. The summed E-state index contributed by atoms with van der Waals surface area (Å²) in [7, 11) is 3.58. The molecule has 1 aliphatic heterocycles. The molecule has 1 fully saturated rings. The lowest BCUT2D eigenvalue weighted by Crippen LogP contribution is -2.48. The van der Waals surface area contributed by atoms with E-state index in [-0.39, 0.29) is 11.2 Å². The predicted molar refractivity (Wildman–Crippen MR) is 138 cm³/mol. The molecule has 2 aromatic carbocycles. The Morgan fingerprint density at radius 2 is 1.91 bits per heavy atom. The first-order valence-corrected chi connectivity index (χ1v) is 11.7. The van der Waals surface area contributed by atoms with Gasteiger partial charge in [0.1, 0.15) is 11.6 Å². The van der Waals surface area contributed by atoms with Crippen LogP contribution in [0.5, 0.6) is 0 Å². The van der Waals surface area contributed by atoms with Gasteiger partial charge in [0.2, 0.25) is 0 Å². The number of hydrogen-bond acceptors (Lipinski definition) is 5. The molecule has 0 radical (unpaired) electrons. The minimum atomic E-state index is -0.446. The number of halogens is 2. The van der Waals surface area contributed by atoms with Gasteiger partial charge < -0.3 is 9.64 Å². The molecule has 0 spiro atoms. The number of anilines is 1. The lowest BCUT2D eigenvalue weighted by atomic mass is 9.99. The second-order valence-corrected chi connectivity index (χ2v) is 9.68. The second-order valence-electron chi connectivity index (χ2n) is 9.25. The summed E-state index contributed by atoms with van der Waals surface area (Å²) >= 11 is 5.95. The maximum Gasteiger partial charge on any atom is 0.261 e. The van der Waals surface area contributed by atoms with Crippen molar-refractivity contribution >= 4 is 28.2 Å². The highest BCUT2D eigenvalue weighted by molar-refractivity contribution is 6.30. The van der Waals surface area contributed by atoms with Crippen LogP contribution in [0.15, 0.2) is 53.6 Å². The smallest absolute Gasteiger partial charge is 0.261 e. The maximum atomic E-state index is 14.8. The second kappa shape index (κ2) is 9.79. The van der Waals surface area contributed by atoms with Crippen LogP contribution in [0.25, 0.3) is 22.0 Å². The Morgan fingerprint density at radius 3 is 2.51 bits per heavy atom. The number of aryl methyl sites for hydroxylation is 2. The summed E-state index contributed by atoms with van der Waals surface area (Å²) in [6.07, 6.45) is 3.64. The van der Waals surface area contributed by atoms with Gasteiger partial charge in [0.25, 0.3) is 5.56 Å². The zero-order valence-corrected chi connectivity index (χ0v) is 21.3. The molecule has 0 atom stereocenters. The number of benzene rings is 2. The summed E-state index contributed by atoms with van der Waals surface area (Å²) in [6, 6.07) is 10.2. The monoisotopic (exact) mass is 497 g/mol. The van der Waals surface area contributed by atoms with Crippen LogP contribution in [-0.2, 0) is 18.8 Å². The van der Waals surface area contributed by atoms with Gasteiger partial charge >= 0.3 is 0 Å². The van der Waals surface area contributed by atoms with Crippen LogP contribution in [0.4, 0.5) is 10.1 Å². The molecule has 2 aromatic heterocycles. The van der Waals surface area contributed by atoms with Gasteiger partial charge in [-0.1, -0.05) is 11.6 Å². The van der Waals surface area contributed by atoms with Crippen molar-refractivity contribution in [3.8, 4) is 11.1 Å². The van der Waals surface area contributed by atoms with E-state index in [4.69, 9.17) is 16.3 Å². The van der Waals surface area contributed by atoms with Gasteiger partial charge in [-0.05, 0) is 57.2 Å². The molecular weight excluding hydrogens is 469 g/mol. The van der Waals surface area contributed by atoms with E-state index in [1.54, 1.807) is 37.0 Å². The molecule has 0 unspecified atom stereocenters. The van der Waals surface area contributed by atoms with Crippen LogP contribution >= 0.6 is 11.6 Å². The van der Waals surface area contributed by atoms with Crippen LogP contribution in [0, 0.1) is 12.7 Å². The standard InChI is InChI=1S/C22H23ClFN3O2.C4H6N2/c1-13-25-20-17(16-6-5-14(23)9-19(16)24)10-15(11-18(20)21(28)26(13)4)27-7-8-29-22(2,3)12-27;1-6-4-2-3-5-6/h5-6,9-11H,7-8,12H2,1-4H3;2-4H,1H3. The fourth-order valence-corrected chi connectivity index (χ4v) is 4.30. The highest BCUT2D eigenvalue weighted by Crippen LogP contribution is 2.35. The molecule has 0 bridgehead atoms. The number of ether oxygens (including phenoxy) is 1. The minimum absolute atomic E-state index is 0.155. The number of nitrogens with zero attached hydrogens (tertiary/aromatic N) is 5. The molecule has 5 rings (SSSR count). The summed E-state index contributed by atoms with van der Waals surface area (Å²) in [5.74, 6) is 0.122. The molecule has 4 aromatic rings. The van der Waals surface area contributed by atoms with Crippen molar-refractivity contribution in [1.29, 1.82) is 0 Å². The SMILES string of the molecule is Cc1nc2c(-c3ccc(Cl)cc3F)cc(N3CCOC(C)(C)C3)cc2c(=O)n1C.Cn1cccn1. The molecule has 1 saturated heterocycles. The number of rotatable bonds is 2. The lowest BCUT2D eigenvalue weighted by Gasteiger charge is -2.39. The van der Waals surface area contributed by atoms with Crippen molar-refractivity contribution in [3.05, 3.63) is 75.8 Å². The third-order valence-electron chi connectivity index (χ3n) is 6.04. The average molecular weight is 498 g/mol. The molecular formula is C26H29ClFN5O2. The number of aromatic nitrogens is 4. The maximum absolute atomic E-state index is 14.8. The Bertz CT molecular complexity index is 1420. The minimum Gasteiger partial charge on any atom is -0.372 e. The lowest BCUT2D eigenvalue weighted by molar-refractivity contribution is -0.0276. The largest absolute Gasteiger partial charge is 0.372 e. The predicted octanol–water partition coefficient (Wildman–Crippen LogP) is 4.74. The van der Waals surface area contributed by atoms with Gasteiger partial charge in [-0.3, -0.25) is 14.0 Å². The molecule has 0 aliphatic carbocycles. The molecule has 0 amide bonds. The summed E-state index contributed by atoms with van der Waals surface area (Å²) in [5, 5.41) is 4.62. The van der Waals surface area contributed by atoms with Crippen molar-refractivity contribution in [2.45, 2.75) is 26.4 Å². The topological polar surface area (TPSA) is 65.2 Å². The van der Waals surface area contributed by atoms with E-state index < -0.39 is 5.82 Å². The molecule has 0 saturated carbocycles. The fourth-order valence-electron chi connectivity index (χ4n) is 4.14. The first kappa shape index (κ1) is 24.9. The van der Waals surface area contributed by atoms with Crippen molar-refractivity contribution in [2.75, 3.05) is 24.6 Å². The number of morpholine rings is 1. The molecule has 7 nitrogen and oxygen atoms in total. The van der Waals surface area contributed by atoms with E-state index in [1.165, 1.54) is 10.6 Å². The normalized spacial score (nSPS) is 15.1. The first-order chi connectivity index (χ1) is 16.6. The highest BCUT2D eigenvalue weighted by atomic mass is 35.5. The van der Waals surface area contributed by atoms with Gasteiger partial charge in [-0.25, -0.2) is 9.37 Å². The average Bonchev–Trinajstić information content (AvgIpc) is 3.28. The first-order valence-electron chi connectivity index (χ1n) is 11.3. The van der Waals surface area contributed by atoms with Gasteiger partial charge in [0, 0.05) is 61.4 Å². The molecule has 0 N–H and O–H groups in total. The summed E-state index contributed by atoms with van der Waals surface area (Å²) in [5.41, 5.74) is 1.82. The molecule has 184 valence electrons. The van der Waals surface area contributed by atoms with Crippen molar-refractivity contribution < 1.29 is 9.13 Å². The summed E-state index contributed by atoms with van der Waals surface area (Å²) in [4.78, 5) is 19.8. The fraction of sp³-hybridized carbons (Fsp3) is 0.346. The van der Waals surface area contributed by atoms with Gasteiger partial charge in [-0.15, -0.1) is 0 Å². The summed E-state index contributed by atoms with van der Waals surface area (Å²) in [6.45, 7) is 7.77.